The molecule has 0 amide bonds. The fourth-order valence-electron chi connectivity index (χ4n) is 1.87. The van der Waals surface area contributed by atoms with Crippen LogP contribution in [0.3, 0.4) is 0 Å². The molecular formula is C13H20O. The van der Waals surface area contributed by atoms with Crippen LogP contribution in [0.25, 0.3) is 0 Å². The van der Waals surface area contributed by atoms with Crippen molar-refractivity contribution in [1.29, 1.82) is 0 Å². The van der Waals surface area contributed by atoms with Crippen molar-refractivity contribution >= 4 is 0 Å². The summed E-state index contributed by atoms with van der Waals surface area (Å²) in [5.74, 6) is 0.283. The van der Waals surface area contributed by atoms with E-state index in [0.29, 0.717) is 0 Å². The second-order valence-corrected chi connectivity index (χ2v) is 4.78. The second-order valence-electron chi connectivity index (χ2n) is 4.78. The highest BCUT2D eigenvalue weighted by Gasteiger charge is 2.31. The van der Waals surface area contributed by atoms with Gasteiger partial charge in [-0.1, -0.05) is 58.0 Å². The Kier molecular flexibility index (Phi) is 3.33. The van der Waals surface area contributed by atoms with Gasteiger partial charge in [0.05, 0.1) is 6.10 Å². The molecule has 1 nitrogen and oxygen atoms in total. The van der Waals surface area contributed by atoms with Crippen molar-refractivity contribution in [2.45, 2.75) is 39.2 Å². The third-order valence-electron chi connectivity index (χ3n) is 2.89. The van der Waals surface area contributed by atoms with Crippen LogP contribution in [0.4, 0.5) is 0 Å². The average molecular weight is 192 g/mol. The fraction of sp³-hybridized carbons (Fsp3) is 0.538. The summed E-state index contributed by atoms with van der Waals surface area (Å²) in [5, 5.41) is 10.1. The summed E-state index contributed by atoms with van der Waals surface area (Å²) in [4.78, 5) is 0. The Morgan fingerprint density at radius 1 is 1.07 bits per heavy atom. The smallest absolute Gasteiger partial charge is 0.0654 e. The molecule has 14 heavy (non-hydrogen) atoms. The molecule has 1 atom stereocenters. The van der Waals surface area contributed by atoms with Crippen molar-refractivity contribution in [1.82, 2.24) is 0 Å². The molecule has 0 fully saturated rings. The van der Waals surface area contributed by atoms with E-state index >= 15 is 0 Å². The maximum Gasteiger partial charge on any atom is 0.0654 e. The maximum absolute atomic E-state index is 10.1. The molecule has 1 N–H and O–H groups in total. The van der Waals surface area contributed by atoms with Gasteiger partial charge in [-0.05, 0) is 11.5 Å². The van der Waals surface area contributed by atoms with Gasteiger partial charge in [-0.3, -0.25) is 0 Å². The average Bonchev–Trinajstić information content (AvgIpc) is 2.18. The topological polar surface area (TPSA) is 20.2 Å². The van der Waals surface area contributed by atoms with Gasteiger partial charge < -0.3 is 5.11 Å². The molecule has 1 aromatic rings. The molecule has 0 bridgehead atoms. The van der Waals surface area contributed by atoms with Crippen molar-refractivity contribution in [3.8, 4) is 0 Å². The summed E-state index contributed by atoms with van der Waals surface area (Å²) < 4.78 is 0. The van der Waals surface area contributed by atoms with Crippen LogP contribution in [-0.4, -0.2) is 11.2 Å². The lowest BCUT2D eigenvalue weighted by Crippen LogP contribution is -2.37. The lowest BCUT2D eigenvalue weighted by molar-refractivity contribution is 0.0574. The van der Waals surface area contributed by atoms with Crippen molar-refractivity contribution in [2.24, 2.45) is 5.92 Å². The van der Waals surface area contributed by atoms with Crippen molar-refractivity contribution in [3.05, 3.63) is 35.9 Å². The van der Waals surface area contributed by atoms with Crippen LogP contribution >= 0.6 is 0 Å². The number of aliphatic hydroxyl groups excluding tert-OH is 1. The zero-order chi connectivity index (χ0) is 10.8. The fourth-order valence-corrected chi connectivity index (χ4v) is 1.87. The first-order valence-electron chi connectivity index (χ1n) is 5.20. The SMILES string of the molecule is CC(C)C(O)C(C)(C)c1ccccc1. The molecule has 0 aromatic heterocycles. The predicted octanol–water partition coefficient (Wildman–Crippen LogP) is 2.98. The first-order chi connectivity index (χ1) is 6.46. The van der Waals surface area contributed by atoms with Crippen LogP contribution in [0.2, 0.25) is 0 Å². The molecular weight excluding hydrogens is 172 g/mol. The minimum atomic E-state index is -0.301. The van der Waals surface area contributed by atoms with Gasteiger partial charge in [0.15, 0.2) is 0 Å². The molecule has 0 aliphatic heterocycles. The Morgan fingerprint density at radius 3 is 2.00 bits per heavy atom. The van der Waals surface area contributed by atoms with Crippen LogP contribution in [0.5, 0.6) is 0 Å². The number of hydrogen-bond acceptors (Lipinski definition) is 1. The van der Waals surface area contributed by atoms with Crippen molar-refractivity contribution in [3.63, 3.8) is 0 Å². The lowest BCUT2D eigenvalue weighted by Gasteiger charge is -2.33. The highest BCUT2D eigenvalue weighted by molar-refractivity contribution is 5.25. The van der Waals surface area contributed by atoms with Crippen molar-refractivity contribution in [2.75, 3.05) is 0 Å². The molecule has 0 aliphatic rings. The van der Waals surface area contributed by atoms with E-state index in [9.17, 15) is 5.11 Å². The predicted molar refractivity (Wildman–Crippen MR) is 60.3 cm³/mol. The summed E-state index contributed by atoms with van der Waals surface area (Å²) in [6.45, 7) is 8.28. The van der Waals surface area contributed by atoms with E-state index in [0.717, 1.165) is 0 Å². The minimum absolute atomic E-state index is 0.171. The molecule has 1 rings (SSSR count). The third kappa shape index (κ3) is 2.16. The zero-order valence-electron chi connectivity index (χ0n) is 9.49. The molecule has 0 saturated carbocycles. The molecule has 0 heterocycles. The van der Waals surface area contributed by atoms with Crippen LogP contribution in [0.15, 0.2) is 30.3 Å². The number of rotatable bonds is 3. The molecule has 1 unspecified atom stereocenters. The Morgan fingerprint density at radius 2 is 1.57 bits per heavy atom. The molecule has 1 aromatic carbocycles. The van der Waals surface area contributed by atoms with Gasteiger partial charge in [-0.25, -0.2) is 0 Å². The first kappa shape index (κ1) is 11.3. The Hall–Kier alpha value is -0.820. The van der Waals surface area contributed by atoms with E-state index in [4.69, 9.17) is 0 Å². The van der Waals surface area contributed by atoms with Crippen LogP contribution < -0.4 is 0 Å². The second kappa shape index (κ2) is 4.14. The summed E-state index contributed by atoms with van der Waals surface area (Å²) in [5.41, 5.74) is 1.02. The maximum atomic E-state index is 10.1. The van der Waals surface area contributed by atoms with E-state index in [1.54, 1.807) is 0 Å². The Bertz CT molecular complexity index is 275. The van der Waals surface area contributed by atoms with Gasteiger partial charge in [0.25, 0.3) is 0 Å². The molecule has 0 radical (unpaired) electrons. The monoisotopic (exact) mass is 192 g/mol. The Labute approximate surface area is 86.8 Å². The Balaban J connectivity index is 2.96. The molecule has 0 saturated heterocycles. The van der Waals surface area contributed by atoms with E-state index in [1.807, 2.05) is 18.2 Å². The van der Waals surface area contributed by atoms with Crippen LogP contribution in [0.1, 0.15) is 33.3 Å². The van der Waals surface area contributed by atoms with E-state index < -0.39 is 0 Å². The quantitative estimate of drug-likeness (QED) is 0.780. The molecule has 0 spiro atoms. The third-order valence-corrected chi connectivity index (χ3v) is 2.89. The highest BCUT2D eigenvalue weighted by atomic mass is 16.3. The summed E-state index contributed by atoms with van der Waals surface area (Å²) in [6.07, 6.45) is -0.301. The minimum Gasteiger partial charge on any atom is -0.392 e. The van der Waals surface area contributed by atoms with Gasteiger partial charge in [0.1, 0.15) is 0 Å². The van der Waals surface area contributed by atoms with Gasteiger partial charge in [0.2, 0.25) is 0 Å². The van der Waals surface area contributed by atoms with E-state index in [-0.39, 0.29) is 17.4 Å². The number of aliphatic hydroxyl groups is 1. The largest absolute Gasteiger partial charge is 0.392 e. The lowest BCUT2D eigenvalue weighted by atomic mass is 9.75. The highest BCUT2D eigenvalue weighted by Crippen LogP contribution is 2.30. The normalized spacial score (nSPS) is 14.4. The van der Waals surface area contributed by atoms with Crippen LogP contribution in [-0.2, 0) is 5.41 Å². The standard InChI is InChI=1S/C13H20O/c1-10(2)12(14)13(3,4)11-8-6-5-7-9-11/h5-10,12,14H,1-4H3. The van der Waals surface area contributed by atoms with Crippen molar-refractivity contribution < 1.29 is 5.11 Å². The van der Waals surface area contributed by atoms with Crippen LogP contribution in [0, 0.1) is 5.92 Å². The number of hydrogen-bond donors (Lipinski definition) is 1. The van der Waals surface area contributed by atoms with Gasteiger partial charge >= 0.3 is 0 Å². The van der Waals surface area contributed by atoms with Gasteiger partial charge in [-0.2, -0.15) is 0 Å². The summed E-state index contributed by atoms with van der Waals surface area (Å²) in [6, 6.07) is 10.2. The van der Waals surface area contributed by atoms with E-state index in [2.05, 4.69) is 39.8 Å². The zero-order valence-corrected chi connectivity index (χ0v) is 9.49. The molecule has 1 heteroatoms. The summed E-state index contributed by atoms with van der Waals surface area (Å²) in [7, 11) is 0. The molecule has 78 valence electrons. The molecule has 0 aliphatic carbocycles. The van der Waals surface area contributed by atoms with Gasteiger partial charge in [-0.15, -0.1) is 0 Å². The number of benzene rings is 1. The summed E-state index contributed by atoms with van der Waals surface area (Å²) >= 11 is 0. The first-order valence-corrected chi connectivity index (χ1v) is 5.20. The van der Waals surface area contributed by atoms with Gasteiger partial charge in [0, 0.05) is 5.41 Å². The van der Waals surface area contributed by atoms with E-state index in [1.165, 1.54) is 5.56 Å².